The maximum absolute atomic E-state index is 12.8. The van der Waals surface area contributed by atoms with Gasteiger partial charge >= 0.3 is 12.3 Å². The Labute approximate surface area is 96.4 Å². The molecule has 1 N–H and O–H groups in total. The van der Waals surface area contributed by atoms with Gasteiger partial charge < -0.3 is 10.0 Å². The second-order valence-electron chi connectivity index (χ2n) is 4.26. The first-order chi connectivity index (χ1) is 7.78. The molecule has 0 bridgehead atoms. The van der Waals surface area contributed by atoms with Crippen molar-refractivity contribution < 1.29 is 27.5 Å². The van der Waals surface area contributed by atoms with Crippen molar-refractivity contribution in [2.24, 2.45) is 0 Å². The fourth-order valence-electron chi connectivity index (χ4n) is 2.02. The molecule has 0 spiro atoms. The van der Waals surface area contributed by atoms with E-state index in [0.717, 1.165) is 13.5 Å². The highest BCUT2D eigenvalue weighted by molar-refractivity contribution is 5.84. The van der Waals surface area contributed by atoms with Crippen LogP contribution in [0.1, 0.15) is 25.7 Å². The van der Waals surface area contributed by atoms with Crippen molar-refractivity contribution in [3.8, 4) is 0 Å². The Bertz CT molecular complexity index is 285. The molecule has 2 atom stereocenters. The standard InChI is InChI=1S/C10H15F4NO2/c1-15(6-4-2-3-5-7(6)16)9(17)10(13,14)8(11)12/h6-8,16H,2-5H2,1H3. The molecule has 1 aliphatic carbocycles. The molecule has 2 unspecified atom stereocenters. The summed E-state index contributed by atoms with van der Waals surface area (Å²) in [5, 5.41) is 9.57. The molecule has 1 aliphatic rings. The van der Waals surface area contributed by atoms with Gasteiger partial charge in [-0.1, -0.05) is 12.8 Å². The van der Waals surface area contributed by atoms with E-state index >= 15 is 0 Å². The summed E-state index contributed by atoms with van der Waals surface area (Å²) >= 11 is 0. The first-order valence-electron chi connectivity index (χ1n) is 5.39. The largest absolute Gasteiger partial charge is 0.391 e. The Balaban J connectivity index is 2.75. The van der Waals surface area contributed by atoms with Gasteiger partial charge in [0.15, 0.2) is 0 Å². The lowest BCUT2D eigenvalue weighted by molar-refractivity contribution is -0.184. The monoisotopic (exact) mass is 257 g/mol. The molecule has 17 heavy (non-hydrogen) atoms. The first-order valence-corrected chi connectivity index (χ1v) is 5.39. The van der Waals surface area contributed by atoms with Crippen LogP contribution in [0.15, 0.2) is 0 Å². The van der Waals surface area contributed by atoms with Gasteiger partial charge in [-0.15, -0.1) is 0 Å². The molecule has 1 saturated carbocycles. The lowest BCUT2D eigenvalue weighted by atomic mass is 9.91. The summed E-state index contributed by atoms with van der Waals surface area (Å²) in [6, 6.07) is -0.805. The normalized spacial score (nSPS) is 26.1. The highest BCUT2D eigenvalue weighted by Crippen LogP contribution is 2.29. The molecule has 0 aromatic rings. The number of halogens is 4. The van der Waals surface area contributed by atoms with Crippen molar-refractivity contribution in [1.29, 1.82) is 0 Å². The Kier molecular flexibility index (Phi) is 4.35. The van der Waals surface area contributed by atoms with Gasteiger partial charge in [0.05, 0.1) is 12.1 Å². The van der Waals surface area contributed by atoms with Crippen molar-refractivity contribution in [3.05, 3.63) is 0 Å². The molecule has 1 rings (SSSR count). The number of aliphatic hydroxyl groups excluding tert-OH is 1. The summed E-state index contributed by atoms with van der Waals surface area (Å²) in [4.78, 5) is 11.8. The predicted octanol–water partition coefficient (Wildman–Crippen LogP) is 1.65. The van der Waals surface area contributed by atoms with Crippen molar-refractivity contribution >= 4 is 5.91 Å². The van der Waals surface area contributed by atoms with Gasteiger partial charge in [0.25, 0.3) is 5.91 Å². The Morgan fingerprint density at radius 1 is 1.35 bits per heavy atom. The molecule has 100 valence electrons. The van der Waals surface area contributed by atoms with Crippen molar-refractivity contribution in [2.75, 3.05) is 7.05 Å². The van der Waals surface area contributed by atoms with E-state index in [4.69, 9.17) is 0 Å². The van der Waals surface area contributed by atoms with Gasteiger partial charge in [-0.25, -0.2) is 8.78 Å². The van der Waals surface area contributed by atoms with Crippen LogP contribution in [0.3, 0.4) is 0 Å². The zero-order valence-electron chi connectivity index (χ0n) is 9.38. The van der Waals surface area contributed by atoms with Gasteiger partial charge in [0.1, 0.15) is 0 Å². The van der Waals surface area contributed by atoms with Gasteiger partial charge in [0.2, 0.25) is 0 Å². The van der Waals surface area contributed by atoms with Gasteiger partial charge in [-0.2, -0.15) is 8.78 Å². The maximum Gasteiger partial charge on any atom is 0.383 e. The van der Waals surface area contributed by atoms with Crippen molar-refractivity contribution in [1.82, 2.24) is 4.90 Å². The van der Waals surface area contributed by atoms with E-state index in [0.29, 0.717) is 24.2 Å². The van der Waals surface area contributed by atoms with Gasteiger partial charge in [0, 0.05) is 7.05 Å². The minimum Gasteiger partial charge on any atom is -0.391 e. The Morgan fingerprint density at radius 3 is 2.35 bits per heavy atom. The van der Waals surface area contributed by atoms with E-state index < -0.39 is 30.4 Å². The Hall–Kier alpha value is -0.850. The quantitative estimate of drug-likeness (QED) is 0.781. The molecule has 0 radical (unpaired) electrons. The van der Waals surface area contributed by atoms with E-state index in [1.54, 1.807) is 0 Å². The summed E-state index contributed by atoms with van der Waals surface area (Å²) in [6.45, 7) is 0. The molecule has 0 heterocycles. The maximum atomic E-state index is 12.8. The van der Waals surface area contributed by atoms with E-state index in [1.165, 1.54) is 0 Å². The molecule has 0 aliphatic heterocycles. The van der Waals surface area contributed by atoms with Crippen LogP contribution in [0, 0.1) is 0 Å². The summed E-state index contributed by atoms with van der Waals surface area (Å²) < 4.78 is 49.8. The van der Waals surface area contributed by atoms with E-state index in [9.17, 15) is 27.5 Å². The molecule has 0 aromatic carbocycles. The fourth-order valence-corrected chi connectivity index (χ4v) is 2.02. The SMILES string of the molecule is CN(C(=O)C(F)(F)C(F)F)C1CCCCC1O. The van der Waals surface area contributed by atoms with Crippen LogP contribution in [0.5, 0.6) is 0 Å². The molecule has 0 aromatic heterocycles. The number of carbonyl (C=O) groups is 1. The topological polar surface area (TPSA) is 40.5 Å². The average molecular weight is 257 g/mol. The Morgan fingerprint density at radius 2 is 1.88 bits per heavy atom. The summed E-state index contributed by atoms with van der Waals surface area (Å²) in [5.74, 6) is -6.62. The van der Waals surface area contributed by atoms with Crippen LogP contribution in [0.25, 0.3) is 0 Å². The third-order valence-corrected chi connectivity index (χ3v) is 3.07. The van der Waals surface area contributed by atoms with Gasteiger partial charge in [-0.05, 0) is 12.8 Å². The number of nitrogens with zero attached hydrogens (tertiary/aromatic N) is 1. The minimum absolute atomic E-state index is 0.350. The lowest BCUT2D eigenvalue weighted by Crippen LogP contribution is -2.53. The molecule has 1 amide bonds. The minimum atomic E-state index is -4.69. The third kappa shape index (κ3) is 2.88. The van der Waals surface area contributed by atoms with Crippen LogP contribution in [0.2, 0.25) is 0 Å². The van der Waals surface area contributed by atoms with Gasteiger partial charge in [-0.3, -0.25) is 4.79 Å². The van der Waals surface area contributed by atoms with Crippen LogP contribution in [-0.2, 0) is 4.79 Å². The average Bonchev–Trinajstić information content (AvgIpc) is 2.27. The highest BCUT2D eigenvalue weighted by Gasteiger charge is 2.52. The summed E-state index contributed by atoms with van der Waals surface area (Å²) in [6.07, 6.45) is -2.79. The van der Waals surface area contributed by atoms with Crippen LogP contribution < -0.4 is 0 Å². The van der Waals surface area contributed by atoms with Crippen LogP contribution in [-0.4, -0.2) is 47.5 Å². The highest BCUT2D eigenvalue weighted by atomic mass is 19.3. The number of alkyl halides is 4. The number of hydrogen-bond donors (Lipinski definition) is 1. The molecule has 1 fully saturated rings. The molecular formula is C10H15F4NO2. The smallest absolute Gasteiger partial charge is 0.383 e. The number of aliphatic hydroxyl groups is 1. The third-order valence-electron chi connectivity index (χ3n) is 3.07. The zero-order chi connectivity index (χ0) is 13.2. The summed E-state index contributed by atoms with van der Waals surface area (Å²) in [5.41, 5.74) is 0. The number of rotatable bonds is 3. The number of hydrogen-bond acceptors (Lipinski definition) is 2. The summed E-state index contributed by atoms with van der Waals surface area (Å²) in [7, 11) is 1.03. The molecule has 7 heteroatoms. The second-order valence-corrected chi connectivity index (χ2v) is 4.26. The number of amides is 1. The number of carbonyl (C=O) groups excluding carboxylic acids is 1. The molecule has 0 saturated heterocycles. The number of likely N-dealkylation sites (N-methyl/N-ethyl adjacent to an activating group) is 1. The van der Waals surface area contributed by atoms with E-state index in [-0.39, 0.29) is 0 Å². The van der Waals surface area contributed by atoms with Crippen molar-refractivity contribution in [2.45, 2.75) is 50.2 Å². The first kappa shape index (κ1) is 14.2. The van der Waals surface area contributed by atoms with Crippen LogP contribution >= 0.6 is 0 Å². The molecule has 3 nitrogen and oxygen atoms in total. The predicted molar refractivity (Wildman–Crippen MR) is 52.0 cm³/mol. The van der Waals surface area contributed by atoms with E-state index in [1.807, 2.05) is 0 Å². The molecular weight excluding hydrogens is 242 g/mol. The fraction of sp³-hybridized carbons (Fsp3) is 0.900. The second kappa shape index (κ2) is 5.20. The van der Waals surface area contributed by atoms with E-state index in [2.05, 4.69) is 0 Å². The lowest BCUT2D eigenvalue weighted by Gasteiger charge is -2.36. The van der Waals surface area contributed by atoms with Crippen molar-refractivity contribution in [3.63, 3.8) is 0 Å². The zero-order valence-corrected chi connectivity index (χ0v) is 9.38. The van der Waals surface area contributed by atoms with Crippen LogP contribution in [0.4, 0.5) is 17.6 Å².